The number of benzene rings is 1. The van der Waals surface area contributed by atoms with Crippen molar-refractivity contribution in [1.29, 1.82) is 0 Å². The number of nitrogens with zero attached hydrogens (tertiary/aromatic N) is 1. The van der Waals surface area contributed by atoms with Crippen molar-refractivity contribution in [3.05, 3.63) is 29.8 Å². The summed E-state index contributed by atoms with van der Waals surface area (Å²) in [6.45, 7) is 6.68. The summed E-state index contributed by atoms with van der Waals surface area (Å²) in [6, 6.07) is 7.71. The molecule has 0 spiro atoms. The second kappa shape index (κ2) is 7.88. The summed E-state index contributed by atoms with van der Waals surface area (Å²) in [7, 11) is 1.63. The van der Waals surface area contributed by atoms with Gasteiger partial charge in [0.15, 0.2) is 0 Å². The van der Waals surface area contributed by atoms with Crippen LogP contribution in [0.5, 0.6) is 5.75 Å². The molecule has 3 aliphatic rings. The third kappa shape index (κ3) is 4.85. The highest BCUT2D eigenvalue weighted by molar-refractivity contribution is 5.75. The van der Waals surface area contributed by atoms with Gasteiger partial charge in [-0.15, -0.1) is 0 Å². The molecule has 0 saturated heterocycles. The van der Waals surface area contributed by atoms with E-state index < -0.39 is 17.0 Å². The zero-order chi connectivity index (χ0) is 21.3. The molecule has 0 heterocycles. The molecule has 0 aromatic heterocycles. The Labute approximate surface area is 173 Å². The highest BCUT2D eigenvalue weighted by Gasteiger charge is 2.53. The smallest absolute Gasteiger partial charge is 0.410 e. The Kier molecular flexibility index (Phi) is 5.84. The number of hydrogen-bond acceptors (Lipinski definition) is 4. The van der Waals surface area contributed by atoms with Crippen LogP contribution < -0.4 is 4.74 Å². The van der Waals surface area contributed by atoms with Crippen molar-refractivity contribution < 1.29 is 24.2 Å². The van der Waals surface area contributed by atoms with Crippen molar-refractivity contribution in [2.75, 3.05) is 13.7 Å². The fourth-order valence-electron chi connectivity index (χ4n) is 4.69. The lowest BCUT2D eigenvalue weighted by Crippen LogP contribution is -2.51. The highest BCUT2D eigenvalue weighted by Crippen LogP contribution is 2.57. The summed E-state index contributed by atoms with van der Waals surface area (Å²) in [4.78, 5) is 26.5. The number of rotatable bonds is 6. The molecular weight excluding hydrogens is 370 g/mol. The van der Waals surface area contributed by atoms with Gasteiger partial charge in [-0.25, -0.2) is 4.79 Å². The fourth-order valence-corrected chi connectivity index (χ4v) is 4.69. The first-order valence-electron chi connectivity index (χ1n) is 10.4. The van der Waals surface area contributed by atoms with Crippen LogP contribution in [0, 0.1) is 10.8 Å². The third-order valence-electron chi connectivity index (χ3n) is 6.57. The van der Waals surface area contributed by atoms with E-state index in [0.29, 0.717) is 32.4 Å². The molecule has 0 atom stereocenters. The van der Waals surface area contributed by atoms with E-state index in [4.69, 9.17) is 9.47 Å². The first-order valence-corrected chi connectivity index (χ1v) is 10.4. The molecule has 29 heavy (non-hydrogen) atoms. The topological polar surface area (TPSA) is 76.1 Å². The van der Waals surface area contributed by atoms with E-state index in [-0.39, 0.29) is 11.5 Å². The van der Waals surface area contributed by atoms with Gasteiger partial charge in [0.1, 0.15) is 11.4 Å². The predicted molar refractivity (Wildman–Crippen MR) is 110 cm³/mol. The minimum absolute atomic E-state index is 0.0133. The van der Waals surface area contributed by atoms with Crippen LogP contribution in [0.2, 0.25) is 0 Å². The quantitative estimate of drug-likeness (QED) is 0.734. The summed E-state index contributed by atoms with van der Waals surface area (Å²) in [5.74, 6) is 0.119. The highest BCUT2D eigenvalue weighted by atomic mass is 16.6. The number of carbonyl (C=O) groups is 2. The molecule has 1 N–H and O–H groups in total. The van der Waals surface area contributed by atoms with Crippen LogP contribution in [0.1, 0.15) is 64.9 Å². The molecule has 2 bridgehead atoms. The largest absolute Gasteiger partial charge is 0.497 e. The van der Waals surface area contributed by atoms with Gasteiger partial charge in [0, 0.05) is 13.1 Å². The van der Waals surface area contributed by atoms with Crippen LogP contribution in [-0.4, -0.2) is 41.3 Å². The van der Waals surface area contributed by atoms with Crippen LogP contribution in [0.25, 0.3) is 0 Å². The Morgan fingerprint density at radius 2 is 1.59 bits per heavy atom. The van der Waals surface area contributed by atoms with Gasteiger partial charge in [-0.3, -0.25) is 4.79 Å². The van der Waals surface area contributed by atoms with E-state index in [1.165, 1.54) is 0 Å². The first-order chi connectivity index (χ1) is 13.6. The molecule has 0 radical (unpaired) electrons. The second-order valence-electron chi connectivity index (χ2n) is 9.77. The third-order valence-corrected chi connectivity index (χ3v) is 6.57. The van der Waals surface area contributed by atoms with Crippen molar-refractivity contribution in [3.63, 3.8) is 0 Å². The number of carboxylic acid groups (broad SMARTS) is 1. The predicted octanol–water partition coefficient (Wildman–Crippen LogP) is 4.86. The number of ether oxygens (including phenoxy) is 2. The maximum Gasteiger partial charge on any atom is 0.410 e. The summed E-state index contributed by atoms with van der Waals surface area (Å²) in [5, 5.41) is 9.64. The van der Waals surface area contributed by atoms with Gasteiger partial charge >= 0.3 is 12.1 Å². The standard InChI is InChI=1S/C23H33NO5/c1-21(2,3)29-20(27)24(15-17-5-7-18(28-4)8-6-17)16-22-9-12-23(13-10-22,14-11-22)19(25)26/h5-8H,9-16H2,1-4H3,(H,25,26). The van der Waals surface area contributed by atoms with Crippen LogP contribution in [0.3, 0.4) is 0 Å². The van der Waals surface area contributed by atoms with Crippen molar-refractivity contribution in [2.24, 2.45) is 10.8 Å². The number of amides is 1. The number of fused-ring (bicyclic) bond motifs is 3. The van der Waals surface area contributed by atoms with Crippen LogP contribution in [-0.2, 0) is 16.1 Å². The Morgan fingerprint density at radius 1 is 1.03 bits per heavy atom. The lowest BCUT2D eigenvalue weighted by molar-refractivity contribution is -0.159. The van der Waals surface area contributed by atoms with Crippen LogP contribution >= 0.6 is 0 Å². The molecule has 4 rings (SSSR count). The fraction of sp³-hybridized carbons (Fsp3) is 0.652. The Hall–Kier alpha value is -2.24. The normalized spacial score (nSPS) is 26.1. The number of hydrogen-bond donors (Lipinski definition) is 1. The molecular formula is C23H33NO5. The number of carboxylic acids is 1. The molecule has 3 aliphatic carbocycles. The van der Waals surface area contributed by atoms with Crippen molar-refractivity contribution in [1.82, 2.24) is 4.90 Å². The summed E-state index contributed by atoms with van der Waals surface area (Å²) < 4.78 is 10.9. The van der Waals surface area contributed by atoms with Gasteiger partial charge < -0.3 is 19.5 Å². The SMILES string of the molecule is COc1ccc(CN(CC23CCC(C(=O)O)(CC2)CC3)C(=O)OC(C)(C)C)cc1. The van der Waals surface area contributed by atoms with E-state index >= 15 is 0 Å². The van der Waals surface area contributed by atoms with Crippen molar-refractivity contribution in [2.45, 2.75) is 71.4 Å². The molecule has 6 heteroatoms. The zero-order valence-corrected chi connectivity index (χ0v) is 18.0. The lowest BCUT2D eigenvalue weighted by Gasteiger charge is -2.52. The van der Waals surface area contributed by atoms with Gasteiger partial charge in [-0.1, -0.05) is 12.1 Å². The molecule has 1 amide bonds. The van der Waals surface area contributed by atoms with Crippen LogP contribution in [0.4, 0.5) is 4.79 Å². The molecule has 1 aromatic carbocycles. The van der Waals surface area contributed by atoms with E-state index in [9.17, 15) is 14.7 Å². The number of aliphatic carboxylic acids is 1. The minimum Gasteiger partial charge on any atom is -0.497 e. The van der Waals surface area contributed by atoms with Crippen LogP contribution in [0.15, 0.2) is 24.3 Å². The van der Waals surface area contributed by atoms with Gasteiger partial charge in [0.05, 0.1) is 12.5 Å². The summed E-state index contributed by atoms with van der Waals surface area (Å²) >= 11 is 0. The molecule has 6 nitrogen and oxygen atoms in total. The molecule has 3 saturated carbocycles. The van der Waals surface area contributed by atoms with E-state index in [1.807, 2.05) is 45.0 Å². The average molecular weight is 404 g/mol. The molecule has 0 unspecified atom stereocenters. The Bertz CT molecular complexity index is 725. The average Bonchev–Trinajstić information content (AvgIpc) is 2.68. The summed E-state index contributed by atoms with van der Waals surface area (Å²) in [6.07, 6.45) is 4.33. The van der Waals surface area contributed by atoms with Gasteiger partial charge in [0.2, 0.25) is 0 Å². The summed E-state index contributed by atoms with van der Waals surface area (Å²) in [5.41, 5.74) is -0.112. The first kappa shape index (κ1) is 21.5. The Morgan fingerprint density at radius 3 is 2.03 bits per heavy atom. The van der Waals surface area contributed by atoms with Crippen molar-refractivity contribution >= 4 is 12.1 Å². The Balaban J connectivity index is 1.76. The maximum absolute atomic E-state index is 13.0. The lowest BCUT2D eigenvalue weighted by atomic mass is 9.53. The zero-order valence-electron chi connectivity index (χ0n) is 18.0. The number of methoxy groups -OCH3 is 1. The van der Waals surface area contributed by atoms with Gasteiger partial charge in [-0.2, -0.15) is 0 Å². The second-order valence-corrected chi connectivity index (χ2v) is 9.77. The maximum atomic E-state index is 13.0. The van der Waals surface area contributed by atoms with E-state index in [0.717, 1.165) is 30.6 Å². The molecule has 160 valence electrons. The molecule has 0 aliphatic heterocycles. The molecule has 1 aromatic rings. The van der Waals surface area contributed by atoms with E-state index in [2.05, 4.69) is 0 Å². The minimum atomic E-state index is -0.659. The van der Waals surface area contributed by atoms with Gasteiger partial charge in [0.25, 0.3) is 0 Å². The number of carbonyl (C=O) groups excluding carboxylic acids is 1. The van der Waals surface area contributed by atoms with E-state index in [1.54, 1.807) is 12.0 Å². The molecule has 3 fully saturated rings. The van der Waals surface area contributed by atoms with Crippen molar-refractivity contribution in [3.8, 4) is 5.75 Å². The van der Waals surface area contributed by atoms with Gasteiger partial charge in [-0.05, 0) is 82.4 Å². The monoisotopic (exact) mass is 403 g/mol.